The van der Waals surface area contributed by atoms with Crippen LogP contribution in [0.25, 0.3) is 0 Å². The highest BCUT2D eigenvalue weighted by Crippen LogP contribution is 2.27. The van der Waals surface area contributed by atoms with Crippen LogP contribution in [-0.4, -0.2) is 30.9 Å². The molecule has 1 heterocycles. The van der Waals surface area contributed by atoms with Crippen LogP contribution in [-0.2, 0) is 16.6 Å². The van der Waals surface area contributed by atoms with Crippen LogP contribution in [0.2, 0.25) is 0 Å². The van der Waals surface area contributed by atoms with Crippen molar-refractivity contribution in [3.8, 4) is 0 Å². The van der Waals surface area contributed by atoms with Crippen LogP contribution in [0.3, 0.4) is 0 Å². The Balaban J connectivity index is 2.37. The van der Waals surface area contributed by atoms with Gasteiger partial charge in [-0.25, -0.2) is 12.8 Å². The molecular formula is C14H20FNO3S. The van der Waals surface area contributed by atoms with E-state index in [-0.39, 0.29) is 10.5 Å². The molecule has 0 bridgehead atoms. The molecular weight excluding hydrogens is 281 g/mol. The predicted octanol–water partition coefficient (Wildman–Crippen LogP) is 2.13. The van der Waals surface area contributed by atoms with Crippen LogP contribution in [0.1, 0.15) is 31.7 Å². The summed E-state index contributed by atoms with van der Waals surface area (Å²) in [4.78, 5) is -0.114. The van der Waals surface area contributed by atoms with Crippen molar-refractivity contribution in [3.63, 3.8) is 0 Å². The molecule has 4 nitrogen and oxygen atoms in total. The first-order chi connectivity index (χ1) is 9.48. The zero-order chi connectivity index (χ0) is 14.8. The summed E-state index contributed by atoms with van der Waals surface area (Å²) in [5, 5.41) is 9.26. The first kappa shape index (κ1) is 15.4. The minimum Gasteiger partial charge on any atom is -0.392 e. The molecule has 0 radical (unpaired) electrons. The van der Waals surface area contributed by atoms with Gasteiger partial charge in [0, 0.05) is 13.1 Å². The largest absolute Gasteiger partial charge is 0.392 e. The molecule has 1 aliphatic rings. The molecule has 1 aliphatic heterocycles. The molecule has 1 unspecified atom stereocenters. The maximum Gasteiger partial charge on any atom is 0.243 e. The molecule has 112 valence electrons. The number of piperidine rings is 1. The fraction of sp³-hybridized carbons (Fsp3) is 0.571. The van der Waals surface area contributed by atoms with E-state index in [4.69, 9.17) is 0 Å². The fourth-order valence-corrected chi connectivity index (χ4v) is 4.40. The first-order valence-electron chi connectivity index (χ1n) is 6.88. The lowest BCUT2D eigenvalue weighted by molar-refractivity contribution is 0.258. The van der Waals surface area contributed by atoms with Crippen LogP contribution in [0.15, 0.2) is 23.1 Å². The minimum absolute atomic E-state index is 0.114. The van der Waals surface area contributed by atoms with Gasteiger partial charge in [0.05, 0.1) is 11.5 Å². The van der Waals surface area contributed by atoms with Gasteiger partial charge in [0.2, 0.25) is 10.0 Å². The molecule has 0 spiro atoms. The number of hydrogen-bond acceptors (Lipinski definition) is 3. The van der Waals surface area contributed by atoms with Gasteiger partial charge in [-0.1, -0.05) is 19.4 Å². The minimum atomic E-state index is -3.74. The van der Waals surface area contributed by atoms with Crippen molar-refractivity contribution < 1.29 is 17.9 Å². The highest BCUT2D eigenvalue weighted by Gasteiger charge is 2.31. The Morgan fingerprint density at radius 1 is 1.45 bits per heavy atom. The Morgan fingerprint density at radius 3 is 2.85 bits per heavy atom. The van der Waals surface area contributed by atoms with E-state index in [0.717, 1.165) is 31.4 Å². The van der Waals surface area contributed by atoms with Gasteiger partial charge in [-0.2, -0.15) is 4.31 Å². The maximum absolute atomic E-state index is 13.4. The third kappa shape index (κ3) is 3.02. The number of aliphatic hydroxyl groups is 1. The monoisotopic (exact) mass is 301 g/mol. The molecule has 0 amide bonds. The summed E-state index contributed by atoms with van der Waals surface area (Å²) in [6, 6.07) is 3.48. The molecule has 0 aromatic heterocycles. The van der Waals surface area contributed by atoms with Crippen LogP contribution >= 0.6 is 0 Å². The number of benzene rings is 1. The van der Waals surface area contributed by atoms with Crippen LogP contribution < -0.4 is 0 Å². The van der Waals surface area contributed by atoms with Crippen LogP contribution in [0.4, 0.5) is 4.39 Å². The number of hydrogen-bond donors (Lipinski definition) is 1. The molecule has 20 heavy (non-hydrogen) atoms. The molecule has 1 N–H and O–H groups in total. The quantitative estimate of drug-likeness (QED) is 0.927. The molecule has 0 aliphatic carbocycles. The number of aliphatic hydroxyl groups excluding tert-OH is 1. The van der Waals surface area contributed by atoms with Gasteiger partial charge >= 0.3 is 0 Å². The molecule has 2 rings (SSSR count). The van der Waals surface area contributed by atoms with E-state index in [1.54, 1.807) is 0 Å². The van der Waals surface area contributed by atoms with Crippen molar-refractivity contribution >= 4 is 10.0 Å². The first-order valence-corrected chi connectivity index (χ1v) is 8.32. The summed E-state index contributed by atoms with van der Waals surface area (Å²) in [5.41, 5.74) is 0.241. The summed E-state index contributed by atoms with van der Waals surface area (Å²) >= 11 is 0. The number of nitrogens with zero attached hydrogens (tertiary/aromatic N) is 1. The summed E-state index contributed by atoms with van der Waals surface area (Å²) in [6.07, 6.45) is 2.78. The molecule has 1 saturated heterocycles. The van der Waals surface area contributed by atoms with Gasteiger partial charge in [-0.05, 0) is 36.5 Å². The van der Waals surface area contributed by atoms with E-state index in [0.29, 0.717) is 19.0 Å². The number of halogens is 1. The lowest BCUT2D eigenvalue weighted by atomic mass is 9.97. The van der Waals surface area contributed by atoms with Crippen molar-refractivity contribution in [2.75, 3.05) is 13.1 Å². The van der Waals surface area contributed by atoms with E-state index in [9.17, 15) is 17.9 Å². The lowest BCUT2D eigenvalue weighted by Crippen LogP contribution is -2.40. The van der Waals surface area contributed by atoms with Crippen molar-refractivity contribution in [1.82, 2.24) is 4.31 Å². The lowest BCUT2D eigenvalue weighted by Gasteiger charge is -2.31. The van der Waals surface area contributed by atoms with Gasteiger partial charge in [0.15, 0.2) is 0 Å². The van der Waals surface area contributed by atoms with Crippen LogP contribution in [0, 0.1) is 11.7 Å². The molecule has 6 heteroatoms. The molecule has 1 aromatic carbocycles. The molecule has 1 fully saturated rings. The van der Waals surface area contributed by atoms with E-state index in [2.05, 4.69) is 0 Å². The Bertz CT molecular complexity index is 574. The third-order valence-corrected chi connectivity index (χ3v) is 5.82. The highest BCUT2D eigenvalue weighted by atomic mass is 32.2. The van der Waals surface area contributed by atoms with E-state index in [1.165, 1.54) is 10.4 Å². The predicted molar refractivity (Wildman–Crippen MR) is 74.1 cm³/mol. The Morgan fingerprint density at radius 2 is 2.20 bits per heavy atom. The third-order valence-electron chi connectivity index (χ3n) is 3.88. The van der Waals surface area contributed by atoms with Crippen molar-refractivity contribution in [1.29, 1.82) is 0 Å². The van der Waals surface area contributed by atoms with Gasteiger partial charge in [0.1, 0.15) is 5.82 Å². The molecule has 0 saturated carbocycles. The van der Waals surface area contributed by atoms with E-state index < -0.39 is 22.4 Å². The van der Waals surface area contributed by atoms with Crippen molar-refractivity contribution in [3.05, 3.63) is 29.6 Å². The standard InChI is InChI=1S/C14H20FNO3S/c1-2-11-4-3-7-16(9-11)20(18,19)14-8-13(15)6-5-12(14)10-17/h5-6,8,11,17H,2-4,7,9-10H2,1H3. The topological polar surface area (TPSA) is 57.6 Å². The van der Waals surface area contributed by atoms with Gasteiger partial charge in [-0.15, -0.1) is 0 Å². The molecule has 1 aromatic rings. The Hall–Kier alpha value is -0.980. The highest BCUT2D eigenvalue weighted by molar-refractivity contribution is 7.89. The molecule has 1 atom stereocenters. The van der Waals surface area contributed by atoms with Gasteiger partial charge in [-0.3, -0.25) is 0 Å². The smallest absolute Gasteiger partial charge is 0.243 e. The Labute approximate surface area is 119 Å². The fourth-order valence-electron chi connectivity index (χ4n) is 2.62. The zero-order valence-corrected chi connectivity index (χ0v) is 12.4. The number of rotatable bonds is 4. The van der Waals surface area contributed by atoms with E-state index >= 15 is 0 Å². The average Bonchev–Trinajstić information content (AvgIpc) is 2.47. The second kappa shape index (κ2) is 6.20. The van der Waals surface area contributed by atoms with Crippen LogP contribution in [0.5, 0.6) is 0 Å². The summed E-state index contributed by atoms with van der Waals surface area (Å²) in [6.45, 7) is 2.56. The van der Waals surface area contributed by atoms with Crippen molar-refractivity contribution in [2.45, 2.75) is 37.7 Å². The second-order valence-corrected chi connectivity index (χ2v) is 7.10. The summed E-state index contributed by atoms with van der Waals surface area (Å²) in [7, 11) is -3.74. The van der Waals surface area contributed by atoms with Crippen molar-refractivity contribution in [2.24, 2.45) is 5.92 Å². The normalized spacial score (nSPS) is 21.1. The maximum atomic E-state index is 13.4. The summed E-state index contributed by atoms with van der Waals surface area (Å²) in [5.74, 6) is -0.255. The van der Waals surface area contributed by atoms with Gasteiger partial charge in [0.25, 0.3) is 0 Å². The second-order valence-electron chi connectivity index (χ2n) is 5.19. The summed E-state index contributed by atoms with van der Waals surface area (Å²) < 4.78 is 40.0. The Kier molecular flexibility index (Phi) is 4.78. The average molecular weight is 301 g/mol. The van der Waals surface area contributed by atoms with E-state index in [1.807, 2.05) is 6.92 Å². The number of sulfonamides is 1. The van der Waals surface area contributed by atoms with Gasteiger partial charge < -0.3 is 5.11 Å². The zero-order valence-electron chi connectivity index (χ0n) is 11.5. The SMILES string of the molecule is CCC1CCCN(S(=O)(=O)c2cc(F)ccc2CO)C1.